The Morgan fingerprint density at radius 1 is 1.32 bits per heavy atom. The summed E-state index contributed by atoms with van der Waals surface area (Å²) in [7, 11) is 0. The number of hydrogen-bond donors (Lipinski definition) is 1. The summed E-state index contributed by atoms with van der Waals surface area (Å²) >= 11 is 2.63. The highest BCUT2D eigenvalue weighted by Crippen LogP contribution is 2.41. The molecule has 3 aromatic heterocycles. The van der Waals surface area contributed by atoms with Crippen LogP contribution in [0.2, 0.25) is 0 Å². The van der Waals surface area contributed by atoms with Crippen LogP contribution in [0.25, 0.3) is 21.6 Å². The molecule has 158 valence electrons. The zero-order chi connectivity index (χ0) is 21.7. The molecule has 0 unspecified atom stereocenters. The number of benzene rings is 1. The zero-order valence-corrected chi connectivity index (χ0v) is 18.4. The molecule has 1 saturated carbocycles. The van der Waals surface area contributed by atoms with E-state index in [1.165, 1.54) is 36.1 Å². The van der Waals surface area contributed by atoms with Crippen molar-refractivity contribution in [3.8, 4) is 11.4 Å². The maximum absolute atomic E-state index is 14.3. The second-order valence-electron chi connectivity index (χ2n) is 7.48. The Balaban J connectivity index is 1.47. The van der Waals surface area contributed by atoms with Gasteiger partial charge in [0.2, 0.25) is 0 Å². The number of carbonyl (C=O) groups is 1. The second-order valence-corrected chi connectivity index (χ2v) is 9.42. The maximum atomic E-state index is 14.3. The summed E-state index contributed by atoms with van der Waals surface area (Å²) in [5, 5.41) is 9.66. The fourth-order valence-corrected chi connectivity index (χ4v) is 5.56. The van der Waals surface area contributed by atoms with Crippen LogP contribution in [-0.4, -0.2) is 30.5 Å². The van der Waals surface area contributed by atoms with Gasteiger partial charge in [0.05, 0.1) is 21.6 Å². The van der Waals surface area contributed by atoms with Crippen LogP contribution in [0.1, 0.15) is 46.9 Å². The molecule has 4 aromatic rings. The average Bonchev–Trinajstić information content (AvgIpc) is 3.39. The molecule has 0 saturated heterocycles. The van der Waals surface area contributed by atoms with Crippen molar-refractivity contribution >= 4 is 39.1 Å². The standard InChI is InChI=1S/C21H18FN5O2S2/c1-10-16-19(29)23-15(24-20(16)31-17(10)11(2)28)9-30-21-26-25-18(27(21)12-7-8-12)13-5-3-4-6-14(13)22/h3-6,12H,7-9H2,1-2H3,(H,23,24,29). The van der Waals surface area contributed by atoms with E-state index in [1.54, 1.807) is 25.1 Å². The monoisotopic (exact) mass is 455 g/mol. The lowest BCUT2D eigenvalue weighted by Crippen LogP contribution is -2.11. The van der Waals surface area contributed by atoms with E-state index in [0.717, 1.165) is 12.8 Å². The number of hydrogen-bond acceptors (Lipinski definition) is 7. The van der Waals surface area contributed by atoms with Gasteiger partial charge < -0.3 is 4.98 Å². The smallest absolute Gasteiger partial charge is 0.259 e. The first-order valence-electron chi connectivity index (χ1n) is 9.80. The van der Waals surface area contributed by atoms with E-state index in [0.29, 0.717) is 48.8 Å². The molecule has 7 nitrogen and oxygen atoms in total. The first-order valence-corrected chi connectivity index (χ1v) is 11.6. The minimum Gasteiger partial charge on any atom is -0.309 e. The van der Waals surface area contributed by atoms with Crippen molar-refractivity contribution in [2.45, 2.75) is 43.6 Å². The van der Waals surface area contributed by atoms with Crippen LogP contribution in [0.3, 0.4) is 0 Å². The highest BCUT2D eigenvalue weighted by atomic mass is 32.2. The summed E-state index contributed by atoms with van der Waals surface area (Å²) in [6.45, 7) is 3.25. The molecule has 0 radical (unpaired) electrons. The highest BCUT2D eigenvalue weighted by molar-refractivity contribution is 7.98. The molecule has 31 heavy (non-hydrogen) atoms. The minimum atomic E-state index is -0.334. The third kappa shape index (κ3) is 3.59. The van der Waals surface area contributed by atoms with Gasteiger partial charge in [-0.05, 0) is 44.4 Å². The largest absolute Gasteiger partial charge is 0.309 e. The number of thiophene rings is 1. The number of nitrogens with zero attached hydrogens (tertiary/aromatic N) is 4. The average molecular weight is 456 g/mol. The molecule has 0 atom stereocenters. The second kappa shape index (κ2) is 7.69. The molecule has 1 aromatic carbocycles. The number of carbonyl (C=O) groups excluding carboxylic acids is 1. The van der Waals surface area contributed by atoms with Crippen molar-refractivity contribution < 1.29 is 9.18 Å². The molecule has 1 N–H and O–H groups in total. The van der Waals surface area contributed by atoms with Crippen molar-refractivity contribution in [2.24, 2.45) is 0 Å². The summed E-state index contributed by atoms with van der Waals surface area (Å²) in [6.07, 6.45) is 1.99. The first kappa shape index (κ1) is 20.1. The van der Waals surface area contributed by atoms with Gasteiger partial charge in [-0.25, -0.2) is 9.37 Å². The minimum absolute atomic E-state index is 0.0750. The summed E-state index contributed by atoms with van der Waals surface area (Å²) in [5.74, 6) is 0.976. The Hall–Kier alpha value is -2.85. The number of aryl methyl sites for hydroxylation is 1. The number of rotatable bonds is 6. The highest BCUT2D eigenvalue weighted by Gasteiger charge is 2.31. The van der Waals surface area contributed by atoms with Gasteiger partial charge in [-0.15, -0.1) is 21.5 Å². The van der Waals surface area contributed by atoms with E-state index < -0.39 is 0 Å². The Bertz CT molecular complexity index is 1390. The normalized spacial score (nSPS) is 13.8. The third-order valence-corrected chi connectivity index (χ3v) is 7.44. The first-order chi connectivity index (χ1) is 14.9. The van der Waals surface area contributed by atoms with Crippen molar-refractivity contribution in [3.63, 3.8) is 0 Å². The molecule has 1 aliphatic rings. The number of halogens is 1. The molecule has 0 spiro atoms. The molecule has 5 rings (SSSR count). The lowest BCUT2D eigenvalue weighted by Gasteiger charge is -2.09. The summed E-state index contributed by atoms with van der Waals surface area (Å²) in [6, 6.07) is 6.79. The Morgan fingerprint density at radius 2 is 2.10 bits per heavy atom. The topological polar surface area (TPSA) is 93.5 Å². The number of aromatic amines is 1. The van der Waals surface area contributed by atoms with E-state index in [2.05, 4.69) is 20.2 Å². The van der Waals surface area contributed by atoms with Gasteiger partial charge in [0.15, 0.2) is 16.8 Å². The lowest BCUT2D eigenvalue weighted by atomic mass is 10.2. The molecular formula is C21H18FN5O2S2. The van der Waals surface area contributed by atoms with Crippen LogP contribution >= 0.6 is 23.1 Å². The number of Topliss-reactive ketones (excluding diaryl/α,β-unsaturated/α-hetero) is 1. The van der Waals surface area contributed by atoms with Crippen molar-refractivity contribution in [1.29, 1.82) is 0 Å². The van der Waals surface area contributed by atoms with E-state index in [9.17, 15) is 14.0 Å². The van der Waals surface area contributed by atoms with Gasteiger partial charge in [-0.2, -0.15) is 0 Å². The Morgan fingerprint density at radius 3 is 2.81 bits per heavy atom. The fourth-order valence-electron chi connectivity index (χ4n) is 3.59. The third-order valence-electron chi connectivity index (χ3n) is 5.20. The zero-order valence-electron chi connectivity index (χ0n) is 16.8. The predicted molar refractivity (Wildman–Crippen MR) is 118 cm³/mol. The van der Waals surface area contributed by atoms with Crippen LogP contribution in [0.5, 0.6) is 0 Å². The fraction of sp³-hybridized carbons (Fsp3) is 0.286. The van der Waals surface area contributed by atoms with Gasteiger partial charge in [0, 0.05) is 6.04 Å². The van der Waals surface area contributed by atoms with Crippen molar-refractivity contribution in [1.82, 2.24) is 24.7 Å². The van der Waals surface area contributed by atoms with Gasteiger partial charge >= 0.3 is 0 Å². The SMILES string of the molecule is CC(=O)c1sc2nc(CSc3nnc(-c4ccccc4F)n3C3CC3)[nH]c(=O)c2c1C. The van der Waals surface area contributed by atoms with Gasteiger partial charge in [0.1, 0.15) is 16.5 Å². The van der Waals surface area contributed by atoms with E-state index >= 15 is 0 Å². The predicted octanol–water partition coefficient (Wildman–Crippen LogP) is 4.52. The number of H-pyrrole nitrogens is 1. The van der Waals surface area contributed by atoms with Crippen LogP contribution in [0.4, 0.5) is 4.39 Å². The van der Waals surface area contributed by atoms with Crippen LogP contribution in [0.15, 0.2) is 34.2 Å². The van der Waals surface area contributed by atoms with Crippen LogP contribution in [-0.2, 0) is 5.75 Å². The van der Waals surface area contributed by atoms with Gasteiger partial charge in [0.25, 0.3) is 5.56 Å². The molecule has 0 aliphatic heterocycles. The molecule has 10 heteroatoms. The number of aromatic nitrogens is 5. The number of nitrogens with one attached hydrogen (secondary N) is 1. The number of ketones is 1. The quantitative estimate of drug-likeness (QED) is 0.339. The number of fused-ring (bicyclic) bond motifs is 1. The van der Waals surface area contributed by atoms with Gasteiger partial charge in [-0.3, -0.25) is 14.2 Å². The molecular weight excluding hydrogens is 437 g/mol. The summed E-state index contributed by atoms with van der Waals surface area (Å²) in [4.78, 5) is 32.9. The number of thioether (sulfide) groups is 1. The van der Waals surface area contributed by atoms with E-state index in [1.807, 2.05) is 4.57 Å². The summed E-state index contributed by atoms with van der Waals surface area (Å²) < 4.78 is 16.3. The van der Waals surface area contributed by atoms with Crippen LogP contribution < -0.4 is 5.56 Å². The Kier molecular flexibility index (Phi) is 4.98. The molecule has 0 bridgehead atoms. The van der Waals surface area contributed by atoms with E-state index in [-0.39, 0.29) is 23.2 Å². The van der Waals surface area contributed by atoms with Crippen molar-refractivity contribution in [2.75, 3.05) is 0 Å². The van der Waals surface area contributed by atoms with Crippen molar-refractivity contribution in [3.05, 3.63) is 56.7 Å². The molecule has 3 heterocycles. The lowest BCUT2D eigenvalue weighted by molar-refractivity contribution is 0.102. The molecule has 1 fully saturated rings. The molecule has 1 aliphatic carbocycles. The molecule has 0 amide bonds. The van der Waals surface area contributed by atoms with Gasteiger partial charge in [-0.1, -0.05) is 23.9 Å². The van der Waals surface area contributed by atoms with E-state index in [4.69, 9.17) is 0 Å². The summed E-state index contributed by atoms with van der Waals surface area (Å²) in [5.41, 5.74) is 0.841. The van der Waals surface area contributed by atoms with Crippen LogP contribution in [0, 0.1) is 12.7 Å². The maximum Gasteiger partial charge on any atom is 0.259 e. The Labute approximate surface area is 184 Å².